The summed E-state index contributed by atoms with van der Waals surface area (Å²) in [5.74, 6) is -0.214. The maximum Gasteiger partial charge on any atom is 0.155 e. The van der Waals surface area contributed by atoms with E-state index in [4.69, 9.17) is 5.73 Å². The Morgan fingerprint density at radius 3 is 2.79 bits per heavy atom. The summed E-state index contributed by atoms with van der Waals surface area (Å²) < 4.78 is 14.4. The van der Waals surface area contributed by atoms with Crippen molar-refractivity contribution in [2.24, 2.45) is 5.73 Å². The van der Waals surface area contributed by atoms with E-state index >= 15 is 0 Å². The fraction of sp³-hybridized carbons (Fsp3) is 0.368. The zero-order chi connectivity index (χ0) is 16.7. The van der Waals surface area contributed by atoms with E-state index in [1.54, 1.807) is 18.3 Å². The van der Waals surface area contributed by atoms with Crippen molar-refractivity contribution in [3.8, 4) is 11.1 Å². The average Bonchev–Trinajstić information content (AvgIpc) is 2.97. The lowest BCUT2D eigenvalue weighted by molar-refractivity contribution is 0.252. The van der Waals surface area contributed by atoms with Gasteiger partial charge in [-0.15, -0.1) is 0 Å². The highest BCUT2D eigenvalue weighted by Gasteiger charge is 2.37. The summed E-state index contributed by atoms with van der Waals surface area (Å²) in [4.78, 5) is 4.34. The Balaban J connectivity index is 1.91. The topological polar surface area (TPSA) is 67.6 Å². The van der Waals surface area contributed by atoms with Crippen molar-refractivity contribution in [1.29, 1.82) is 0 Å². The Bertz CT molecular complexity index is 890. The Labute approximate surface area is 140 Å². The number of H-pyrrole nitrogens is 1. The van der Waals surface area contributed by atoms with Crippen LogP contribution in [-0.2, 0) is 11.8 Å². The fourth-order valence-electron chi connectivity index (χ4n) is 3.78. The van der Waals surface area contributed by atoms with Crippen LogP contribution in [0.2, 0.25) is 0 Å². The van der Waals surface area contributed by atoms with Crippen LogP contribution in [0.4, 0.5) is 4.39 Å². The Morgan fingerprint density at radius 2 is 2.12 bits per heavy atom. The number of nitrogens with zero attached hydrogens (tertiary/aromatic N) is 2. The van der Waals surface area contributed by atoms with Gasteiger partial charge in [-0.05, 0) is 54.2 Å². The van der Waals surface area contributed by atoms with Gasteiger partial charge >= 0.3 is 0 Å². The van der Waals surface area contributed by atoms with Gasteiger partial charge in [0, 0.05) is 23.5 Å². The van der Waals surface area contributed by atoms with E-state index < -0.39 is 0 Å². The van der Waals surface area contributed by atoms with Crippen LogP contribution in [0, 0.1) is 5.82 Å². The zero-order valence-electron chi connectivity index (χ0n) is 13.8. The number of hydrogen-bond donors (Lipinski definition) is 2. The molecule has 1 aliphatic carbocycles. The molecule has 0 atom stereocenters. The van der Waals surface area contributed by atoms with Gasteiger partial charge in [0.2, 0.25) is 0 Å². The maximum absolute atomic E-state index is 14.4. The molecule has 4 rings (SSSR count). The molecule has 0 spiro atoms. The van der Waals surface area contributed by atoms with E-state index in [2.05, 4.69) is 28.2 Å². The van der Waals surface area contributed by atoms with Gasteiger partial charge in [0.25, 0.3) is 0 Å². The molecule has 0 bridgehead atoms. The molecule has 1 aliphatic rings. The Kier molecular flexibility index (Phi) is 3.61. The van der Waals surface area contributed by atoms with E-state index in [1.807, 2.05) is 6.07 Å². The molecule has 2 aromatic heterocycles. The number of hydrogen-bond acceptors (Lipinski definition) is 3. The monoisotopic (exact) mass is 324 g/mol. The molecule has 1 fully saturated rings. The number of rotatable bonds is 4. The molecule has 0 radical (unpaired) electrons. The molecule has 5 heteroatoms. The maximum atomic E-state index is 14.4. The van der Waals surface area contributed by atoms with Gasteiger partial charge in [-0.3, -0.25) is 5.10 Å². The van der Waals surface area contributed by atoms with Crippen molar-refractivity contribution in [2.75, 3.05) is 6.54 Å². The smallest absolute Gasteiger partial charge is 0.155 e. The highest BCUT2D eigenvalue weighted by molar-refractivity contribution is 5.94. The van der Waals surface area contributed by atoms with Gasteiger partial charge in [0.1, 0.15) is 5.82 Å². The first kappa shape index (κ1) is 15.3. The molecule has 3 N–H and O–H groups in total. The summed E-state index contributed by atoms with van der Waals surface area (Å²) in [6.07, 6.45) is 5.76. The standard InChI is InChI=1S/C19H21FN4/c1-2-16-17-15(4-7-22-18(17)24-23-16)12-8-13(10-14(20)9-12)19(11-21)5-3-6-19/h4,7-10H,2-3,5-6,11,21H2,1H3,(H,22,23,24). The molecular weight excluding hydrogens is 303 g/mol. The second kappa shape index (κ2) is 5.67. The van der Waals surface area contributed by atoms with Crippen LogP contribution in [0.1, 0.15) is 37.4 Å². The Morgan fingerprint density at radius 1 is 1.29 bits per heavy atom. The highest BCUT2D eigenvalue weighted by Crippen LogP contribution is 2.44. The lowest BCUT2D eigenvalue weighted by Gasteiger charge is -2.41. The van der Waals surface area contributed by atoms with Crippen molar-refractivity contribution < 1.29 is 4.39 Å². The third kappa shape index (κ3) is 2.23. The van der Waals surface area contributed by atoms with Crippen LogP contribution in [0.15, 0.2) is 30.5 Å². The molecule has 1 saturated carbocycles. The number of benzene rings is 1. The van der Waals surface area contributed by atoms with Gasteiger partial charge in [-0.2, -0.15) is 5.10 Å². The van der Waals surface area contributed by atoms with Crippen molar-refractivity contribution in [2.45, 2.75) is 38.0 Å². The Hall–Kier alpha value is -2.27. The van der Waals surface area contributed by atoms with Gasteiger partial charge in [-0.1, -0.05) is 19.4 Å². The number of aryl methyl sites for hydroxylation is 1. The van der Waals surface area contributed by atoms with Crippen molar-refractivity contribution >= 4 is 11.0 Å². The summed E-state index contributed by atoms with van der Waals surface area (Å²) >= 11 is 0. The van der Waals surface area contributed by atoms with Crippen LogP contribution in [0.3, 0.4) is 0 Å². The second-order valence-electron chi connectivity index (χ2n) is 6.67. The summed E-state index contributed by atoms with van der Waals surface area (Å²) in [6.45, 7) is 2.62. The first-order valence-corrected chi connectivity index (χ1v) is 8.50. The summed E-state index contributed by atoms with van der Waals surface area (Å²) in [5, 5.41) is 8.28. The van der Waals surface area contributed by atoms with Crippen LogP contribution < -0.4 is 5.73 Å². The van der Waals surface area contributed by atoms with Crippen molar-refractivity contribution in [3.63, 3.8) is 0 Å². The van der Waals surface area contributed by atoms with Crippen LogP contribution in [-0.4, -0.2) is 21.7 Å². The number of nitrogens with two attached hydrogens (primary N) is 1. The van der Waals surface area contributed by atoms with Crippen LogP contribution in [0.25, 0.3) is 22.2 Å². The third-order valence-electron chi connectivity index (χ3n) is 5.39. The number of aromatic amines is 1. The third-order valence-corrected chi connectivity index (χ3v) is 5.39. The van der Waals surface area contributed by atoms with Crippen molar-refractivity contribution in [1.82, 2.24) is 15.2 Å². The van der Waals surface area contributed by atoms with Gasteiger partial charge in [0.15, 0.2) is 5.65 Å². The highest BCUT2D eigenvalue weighted by atomic mass is 19.1. The number of nitrogens with one attached hydrogen (secondary N) is 1. The minimum atomic E-state index is -0.214. The molecule has 0 amide bonds. The predicted octanol–water partition coefficient (Wildman–Crippen LogP) is 3.71. The van der Waals surface area contributed by atoms with Gasteiger partial charge < -0.3 is 5.73 Å². The molecule has 0 aliphatic heterocycles. The summed E-state index contributed by atoms with van der Waals surface area (Å²) in [5.41, 5.74) is 10.5. The number of pyridine rings is 1. The van der Waals surface area contributed by atoms with Gasteiger partial charge in [0.05, 0.1) is 5.69 Å². The first-order valence-electron chi connectivity index (χ1n) is 8.50. The van der Waals surface area contributed by atoms with E-state index in [0.29, 0.717) is 6.54 Å². The molecule has 0 unspecified atom stereocenters. The molecule has 24 heavy (non-hydrogen) atoms. The lowest BCUT2D eigenvalue weighted by atomic mass is 9.64. The zero-order valence-corrected chi connectivity index (χ0v) is 13.8. The number of fused-ring (bicyclic) bond motifs is 1. The van der Waals surface area contributed by atoms with Gasteiger partial charge in [-0.25, -0.2) is 9.37 Å². The van der Waals surface area contributed by atoms with E-state index in [-0.39, 0.29) is 11.2 Å². The molecule has 1 aromatic carbocycles. The molecule has 124 valence electrons. The summed E-state index contributed by atoms with van der Waals surface area (Å²) in [7, 11) is 0. The fourth-order valence-corrected chi connectivity index (χ4v) is 3.78. The van der Waals surface area contributed by atoms with E-state index in [0.717, 1.165) is 59.1 Å². The van der Waals surface area contributed by atoms with E-state index in [9.17, 15) is 4.39 Å². The van der Waals surface area contributed by atoms with Crippen LogP contribution >= 0.6 is 0 Å². The minimum absolute atomic E-state index is 0.0625. The number of aromatic nitrogens is 3. The quantitative estimate of drug-likeness (QED) is 0.769. The average molecular weight is 324 g/mol. The predicted molar refractivity (Wildman–Crippen MR) is 93.2 cm³/mol. The molecule has 4 nitrogen and oxygen atoms in total. The van der Waals surface area contributed by atoms with E-state index in [1.165, 1.54) is 0 Å². The van der Waals surface area contributed by atoms with Crippen molar-refractivity contribution in [3.05, 3.63) is 47.5 Å². The molecular formula is C19H21FN4. The lowest BCUT2D eigenvalue weighted by Crippen LogP contribution is -2.41. The molecule has 0 saturated heterocycles. The first-order chi connectivity index (χ1) is 11.7. The SMILES string of the molecule is CCc1n[nH]c2nccc(-c3cc(F)cc(C4(CN)CCC4)c3)c12. The second-order valence-corrected chi connectivity index (χ2v) is 6.67. The largest absolute Gasteiger partial charge is 0.330 e. The number of halogens is 1. The van der Waals surface area contributed by atoms with Crippen LogP contribution in [0.5, 0.6) is 0 Å². The normalized spacial score (nSPS) is 16.3. The molecule has 2 heterocycles. The summed E-state index contributed by atoms with van der Waals surface area (Å²) in [6, 6.07) is 7.26. The minimum Gasteiger partial charge on any atom is -0.330 e. The molecule has 3 aromatic rings.